The summed E-state index contributed by atoms with van der Waals surface area (Å²) in [7, 11) is 0. The van der Waals surface area contributed by atoms with Gasteiger partial charge in [-0.2, -0.15) is 0 Å². The summed E-state index contributed by atoms with van der Waals surface area (Å²) in [6.45, 7) is 8.51. The first-order valence-corrected chi connectivity index (χ1v) is 9.72. The summed E-state index contributed by atoms with van der Waals surface area (Å²) in [5, 5.41) is 10.2. The predicted octanol–water partition coefficient (Wildman–Crippen LogP) is 3.64. The molecule has 1 saturated heterocycles. The van der Waals surface area contributed by atoms with Crippen LogP contribution in [0.4, 0.5) is 4.79 Å². The van der Waals surface area contributed by atoms with Crippen LogP contribution in [0.5, 0.6) is 0 Å². The first kappa shape index (κ1) is 20.0. The van der Waals surface area contributed by atoms with Crippen molar-refractivity contribution in [1.82, 2.24) is 9.80 Å². The van der Waals surface area contributed by atoms with Crippen LogP contribution >= 0.6 is 11.6 Å². The molecular weight excluding hydrogens is 368 g/mol. The van der Waals surface area contributed by atoms with Gasteiger partial charge in [-0.25, -0.2) is 4.79 Å². The average Bonchev–Trinajstić information content (AvgIpc) is 3.18. The van der Waals surface area contributed by atoms with Crippen molar-refractivity contribution in [3.05, 3.63) is 33.8 Å². The molecule has 27 heavy (non-hydrogen) atoms. The smallest absolute Gasteiger partial charge is 0.410 e. The molecule has 1 N–H and O–H groups in total. The molecule has 1 unspecified atom stereocenters. The number of benzene rings is 1. The van der Waals surface area contributed by atoms with E-state index in [4.69, 9.17) is 16.3 Å². The molecule has 0 aliphatic carbocycles. The molecule has 1 fully saturated rings. The lowest BCUT2D eigenvalue weighted by Crippen LogP contribution is -2.36. The predicted molar refractivity (Wildman–Crippen MR) is 102 cm³/mol. The maximum Gasteiger partial charge on any atom is 0.410 e. The third-order valence-corrected chi connectivity index (χ3v) is 5.18. The minimum Gasteiger partial charge on any atom is -0.444 e. The van der Waals surface area contributed by atoms with Gasteiger partial charge in [-0.15, -0.1) is 0 Å². The van der Waals surface area contributed by atoms with E-state index in [1.54, 1.807) is 9.80 Å². The fraction of sp³-hybridized carbons (Fsp3) is 0.600. The van der Waals surface area contributed by atoms with Crippen molar-refractivity contribution in [3.63, 3.8) is 0 Å². The van der Waals surface area contributed by atoms with Crippen molar-refractivity contribution in [2.24, 2.45) is 0 Å². The Balaban J connectivity index is 1.90. The molecule has 1 aromatic rings. The Bertz CT molecular complexity index is 757. The van der Waals surface area contributed by atoms with Gasteiger partial charge in [0, 0.05) is 24.7 Å². The fourth-order valence-electron chi connectivity index (χ4n) is 3.85. The zero-order valence-corrected chi connectivity index (χ0v) is 17.0. The van der Waals surface area contributed by atoms with E-state index in [1.165, 1.54) is 6.92 Å². The van der Waals surface area contributed by atoms with Crippen LogP contribution in [-0.2, 0) is 22.6 Å². The molecule has 1 aromatic carbocycles. The number of hydrogen-bond donors (Lipinski definition) is 1. The molecule has 148 valence electrons. The third-order valence-electron chi connectivity index (χ3n) is 4.96. The van der Waals surface area contributed by atoms with Crippen LogP contribution in [0, 0.1) is 0 Å². The number of ether oxygens (including phenoxy) is 1. The lowest BCUT2D eigenvalue weighted by Gasteiger charge is -2.30. The lowest BCUT2D eigenvalue weighted by atomic mass is 9.96. The molecule has 0 saturated carbocycles. The zero-order valence-electron chi connectivity index (χ0n) is 16.3. The van der Waals surface area contributed by atoms with Crippen molar-refractivity contribution in [1.29, 1.82) is 0 Å². The van der Waals surface area contributed by atoms with E-state index in [1.807, 2.05) is 32.9 Å². The summed E-state index contributed by atoms with van der Waals surface area (Å²) >= 11 is 6.34. The average molecular weight is 395 g/mol. The highest BCUT2D eigenvalue weighted by Crippen LogP contribution is 2.40. The number of carbonyl (C=O) groups is 2. The SMILES string of the molecule is CC(O)C(=O)N1Cc2cc(Cl)cc([C@H]3CCCN3C(=O)OC(C)(C)C)c2C1. The number of fused-ring (bicyclic) bond motifs is 1. The molecule has 7 heteroatoms. The highest BCUT2D eigenvalue weighted by atomic mass is 35.5. The molecule has 0 aromatic heterocycles. The number of aliphatic hydroxyl groups excluding tert-OH is 1. The third kappa shape index (κ3) is 4.22. The van der Waals surface area contributed by atoms with E-state index in [9.17, 15) is 14.7 Å². The number of nitrogens with zero attached hydrogens (tertiary/aromatic N) is 2. The topological polar surface area (TPSA) is 70.1 Å². The van der Waals surface area contributed by atoms with Crippen LogP contribution in [0.15, 0.2) is 12.1 Å². The quantitative estimate of drug-likeness (QED) is 0.831. The van der Waals surface area contributed by atoms with Gasteiger partial charge >= 0.3 is 6.09 Å². The molecule has 2 heterocycles. The Kier molecular flexibility index (Phi) is 5.41. The van der Waals surface area contributed by atoms with Crippen molar-refractivity contribution >= 4 is 23.6 Å². The summed E-state index contributed by atoms with van der Waals surface area (Å²) in [6, 6.07) is 3.64. The highest BCUT2D eigenvalue weighted by Gasteiger charge is 2.37. The summed E-state index contributed by atoms with van der Waals surface area (Å²) in [5.41, 5.74) is 2.42. The van der Waals surface area contributed by atoms with Gasteiger partial charge in [0.1, 0.15) is 11.7 Å². The summed E-state index contributed by atoms with van der Waals surface area (Å²) < 4.78 is 5.57. The number of carbonyl (C=O) groups excluding carboxylic acids is 2. The van der Waals surface area contributed by atoms with Gasteiger partial charge in [-0.3, -0.25) is 4.79 Å². The van der Waals surface area contributed by atoms with Crippen molar-refractivity contribution in [3.8, 4) is 0 Å². The largest absolute Gasteiger partial charge is 0.444 e. The second kappa shape index (κ2) is 7.32. The fourth-order valence-corrected chi connectivity index (χ4v) is 4.10. The van der Waals surface area contributed by atoms with Gasteiger partial charge in [-0.05, 0) is 69.4 Å². The van der Waals surface area contributed by atoms with Crippen LogP contribution < -0.4 is 0 Å². The number of rotatable bonds is 2. The minimum atomic E-state index is -1.04. The first-order valence-electron chi connectivity index (χ1n) is 9.34. The normalized spacial score (nSPS) is 20.6. The Morgan fingerprint density at radius 1 is 1.30 bits per heavy atom. The van der Waals surface area contributed by atoms with Gasteiger partial charge in [-0.1, -0.05) is 11.6 Å². The minimum absolute atomic E-state index is 0.117. The lowest BCUT2D eigenvalue weighted by molar-refractivity contribution is -0.139. The maximum absolute atomic E-state index is 12.7. The molecule has 6 nitrogen and oxygen atoms in total. The zero-order chi connectivity index (χ0) is 19.9. The second-order valence-corrected chi connectivity index (χ2v) is 8.77. The number of likely N-dealkylation sites (tertiary alicyclic amines) is 1. The van der Waals surface area contributed by atoms with E-state index in [2.05, 4.69) is 0 Å². The molecule has 2 atom stereocenters. The van der Waals surface area contributed by atoms with Crippen molar-refractivity contribution < 1.29 is 19.4 Å². The van der Waals surface area contributed by atoms with Gasteiger partial charge in [0.2, 0.25) is 0 Å². The summed E-state index contributed by atoms with van der Waals surface area (Å²) in [6.07, 6.45) is 0.356. The van der Waals surface area contributed by atoms with Gasteiger partial charge < -0.3 is 19.6 Å². The Hall–Kier alpha value is -1.79. The number of halogens is 1. The van der Waals surface area contributed by atoms with E-state index >= 15 is 0 Å². The number of amides is 2. The first-order chi connectivity index (χ1) is 12.6. The second-order valence-electron chi connectivity index (χ2n) is 8.33. The maximum atomic E-state index is 12.7. The van der Waals surface area contributed by atoms with Crippen molar-refractivity contribution in [2.45, 2.75) is 71.4 Å². The van der Waals surface area contributed by atoms with Crippen molar-refractivity contribution in [2.75, 3.05) is 6.54 Å². The van der Waals surface area contributed by atoms with E-state index in [0.29, 0.717) is 24.7 Å². The molecule has 3 rings (SSSR count). The monoisotopic (exact) mass is 394 g/mol. The Morgan fingerprint density at radius 2 is 2.00 bits per heavy atom. The van der Waals surface area contributed by atoms with Gasteiger partial charge in [0.05, 0.1) is 6.04 Å². The molecule has 0 spiro atoms. The highest BCUT2D eigenvalue weighted by molar-refractivity contribution is 6.30. The van der Waals surface area contributed by atoms with Crippen LogP contribution in [-0.4, -0.2) is 45.2 Å². The van der Waals surface area contributed by atoms with Crippen LogP contribution in [0.1, 0.15) is 63.3 Å². The molecule has 2 amide bonds. The Labute approximate surface area is 165 Å². The van der Waals surface area contributed by atoms with E-state index in [-0.39, 0.29) is 18.0 Å². The molecular formula is C20H27ClN2O4. The van der Waals surface area contributed by atoms with Crippen LogP contribution in [0.25, 0.3) is 0 Å². The van der Waals surface area contributed by atoms with E-state index < -0.39 is 11.7 Å². The summed E-state index contributed by atoms with van der Waals surface area (Å²) in [4.78, 5) is 28.3. The molecule has 2 aliphatic rings. The van der Waals surface area contributed by atoms with Crippen LogP contribution in [0.2, 0.25) is 5.02 Å². The van der Waals surface area contributed by atoms with E-state index in [0.717, 1.165) is 29.5 Å². The number of hydrogen-bond acceptors (Lipinski definition) is 4. The summed E-state index contributed by atoms with van der Waals surface area (Å²) in [5.74, 6) is -0.302. The molecule has 0 radical (unpaired) electrons. The van der Waals surface area contributed by atoms with Gasteiger partial charge in [0.25, 0.3) is 5.91 Å². The number of aliphatic hydroxyl groups is 1. The van der Waals surface area contributed by atoms with Gasteiger partial charge in [0.15, 0.2) is 0 Å². The molecule has 0 bridgehead atoms. The standard InChI is InChI=1S/C20H27ClN2O4/c1-12(24)18(25)22-10-13-8-14(21)9-15(16(13)11-22)17-6-5-7-23(17)19(26)27-20(2,3)4/h8-9,12,17,24H,5-7,10-11H2,1-4H3/t12?,17-/m1/s1. The van der Waals surface area contributed by atoms with Crippen LogP contribution in [0.3, 0.4) is 0 Å². The molecule has 2 aliphatic heterocycles. The Morgan fingerprint density at radius 3 is 2.63 bits per heavy atom.